The lowest BCUT2D eigenvalue weighted by atomic mass is 10.1. The molecule has 3 rings (SSSR count). The van der Waals surface area contributed by atoms with Crippen LogP contribution in [0.3, 0.4) is 0 Å². The lowest BCUT2D eigenvalue weighted by Gasteiger charge is -2.26. The predicted octanol–water partition coefficient (Wildman–Crippen LogP) is 2.30. The van der Waals surface area contributed by atoms with Crippen LogP contribution in [0.4, 0.5) is 21.9 Å². The van der Waals surface area contributed by atoms with Crippen molar-refractivity contribution in [2.45, 2.75) is 18.9 Å². The number of ether oxygens (including phenoxy) is 1. The van der Waals surface area contributed by atoms with Crippen molar-refractivity contribution in [3.63, 3.8) is 0 Å². The van der Waals surface area contributed by atoms with Gasteiger partial charge in [-0.25, -0.2) is 4.79 Å². The monoisotopic (exact) mass is 334 g/mol. The Morgan fingerprint density at radius 1 is 1.46 bits per heavy atom. The highest BCUT2D eigenvalue weighted by atomic mass is 16.6. The Morgan fingerprint density at radius 3 is 2.75 bits per heavy atom. The van der Waals surface area contributed by atoms with Gasteiger partial charge in [0.1, 0.15) is 6.61 Å². The Kier molecular flexibility index (Phi) is 4.57. The summed E-state index contributed by atoms with van der Waals surface area (Å²) in [6.45, 7) is 1.42. The summed E-state index contributed by atoms with van der Waals surface area (Å²) in [7, 11) is 4.11. The summed E-state index contributed by atoms with van der Waals surface area (Å²) in [5, 5.41) is 14.4. The maximum absolute atomic E-state index is 11.9. The van der Waals surface area contributed by atoms with Crippen LogP contribution >= 0.6 is 0 Å². The van der Waals surface area contributed by atoms with Crippen molar-refractivity contribution in [2.24, 2.45) is 5.92 Å². The van der Waals surface area contributed by atoms with E-state index in [4.69, 9.17) is 4.74 Å². The normalized spacial score (nSPS) is 18.6. The molecule has 0 spiro atoms. The summed E-state index contributed by atoms with van der Waals surface area (Å²) in [4.78, 5) is 26.1. The highest BCUT2D eigenvalue weighted by Gasteiger charge is 2.33. The lowest BCUT2D eigenvalue weighted by Crippen LogP contribution is -2.36. The van der Waals surface area contributed by atoms with Gasteiger partial charge in [-0.05, 0) is 38.9 Å². The average molecular weight is 334 g/mol. The van der Waals surface area contributed by atoms with Crippen molar-refractivity contribution >= 4 is 23.2 Å². The number of amides is 1. The van der Waals surface area contributed by atoms with Crippen LogP contribution < -0.4 is 10.2 Å². The molecule has 1 N–H and O–H groups in total. The van der Waals surface area contributed by atoms with E-state index >= 15 is 0 Å². The fourth-order valence-electron chi connectivity index (χ4n) is 3.09. The molecule has 0 radical (unpaired) electrons. The molecule has 24 heavy (non-hydrogen) atoms. The molecule has 1 aliphatic heterocycles. The van der Waals surface area contributed by atoms with Crippen molar-refractivity contribution in [1.29, 1.82) is 0 Å². The maximum atomic E-state index is 11.9. The molecule has 1 aromatic carbocycles. The van der Waals surface area contributed by atoms with Crippen LogP contribution in [-0.2, 0) is 4.74 Å². The van der Waals surface area contributed by atoms with Gasteiger partial charge in [-0.3, -0.25) is 15.0 Å². The average Bonchev–Trinajstić information content (AvgIpc) is 3.28. The number of non-ortho nitro benzene ring substituents is 1. The van der Waals surface area contributed by atoms with Crippen molar-refractivity contribution in [3.8, 4) is 0 Å². The molecular formula is C16H22N4O4. The Morgan fingerprint density at radius 2 is 2.21 bits per heavy atom. The molecule has 0 bridgehead atoms. The van der Waals surface area contributed by atoms with Gasteiger partial charge in [-0.15, -0.1) is 0 Å². The zero-order valence-electron chi connectivity index (χ0n) is 13.9. The number of rotatable bonds is 7. The molecule has 8 heteroatoms. The molecule has 2 aliphatic rings. The molecule has 1 aromatic rings. The zero-order valence-corrected chi connectivity index (χ0v) is 13.9. The van der Waals surface area contributed by atoms with Gasteiger partial charge in [-0.1, -0.05) is 0 Å². The number of nitro groups is 1. The van der Waals surface area contributed by atoms with Crippen LogP contribution in [0.15, 0.2) is 18.2 Å². The predicted molar refractivity (Wildman–Crippen MR) is 90.5 cm³/mol. The van der Waals surface area contributed by atoms with Crippen LogP contribution in [0.1, 0.15) is 12.8 Å². The standard InChI is InChI=1S/C16H22N4O4/c1-18(2)15(11-3-4-11)10-17-13-6-5-12(20(22)23)9-14(13)19-7-8-24-16(19)21/h5-6,9,11,15,17H,3-4,7-8,10H2,1-2H3. The molecule has 2 fully saturated rings. The number of nitrogens with zero attached hydrogens (tertiary/aromatic N) is 3. The van der Waals surface area contributed by atoms with Crippen LogP contribution in [0, 0.1) is 16.0 Å². The third kappa shape index (κ3) is 3.43. The second-order valence-corrected chi connectivity index (χ2v) is 6.47. The summed E-state index contributed by atoms with van der Waals surface area (Å²) in [5.41, 5.74) is 1.17. The second kappa shape index (κ2) is 6.64. The van der Waals surface area contributed by atoms with E-state index in [2.05, 4.69) is 24.3 Å². The van der Waals surface area contributed by atoms with Gasteiger partial charge >= 0.3 is 6.09 Å². The first kappa shape index (κ1) is 16.5. The Hall–Kier alpha value is -2.35. The molecule has 1 atom stereocenters. The van der Waals surface area contributed by atoms with Crippen LogP contribution in [0.25, 0.3) is 0 Å². The molecule has 1 heterocycles. The third-order valence-corrected chi connectivity index (χ3v) is 4.57. The first-order chi connectivity index (χ1) is 11.5. The van der Waals surface area contributed by atoms with Gasteiger partial charge in [-0.2, -0.15) is 0 Å². The van der Waals surface area contributed by atoms with Crippen molar-refractivity contribution in [1.82, 2.24) is 4.90 Å². The van der Waals surface area contributed by atoms with Crippen molar-refractivity contribution < 1.29 is 14.5 Å². The van der Waals surface area contributed by atoms with Crippen LogP contribution in [0.5, 0.6) is 0 Å². The summed E-state index contributed by atoms with van der Waals surface area (Å²) in [5.74, 6) is 0.686. The minimum Gasteiger partial charge on any atom is -0.447 e. The fraction of sp³-hybridized carbons (Fsp3) is 0.562. The lowest BCUT2D eigenvalue weighted by molar-refractivity contribution is -0.384. The van der Waals surface area contributed by atoms with Gasteiger partial charge in [0.05, 0.1) is 22.8 Å². The Labute approximate surface area is 140 Å². The van der Waals surface area contributed by atoms with Crippen molar-refractivity contribution in [3.05, 3.63) is 28.3 Å². The number of carbonyl (C=O) groups excluding carboxylic acids is 1. The van der Waals surface area contributed by atoms with Gasteiger partial charge in [0.15, 0.2) is 0 Å². The highest BCUT2D eigenvalue weighted by Crippen LogP contribution is 2.36. The first-order valence-electron chi connectivity index (χ1n) is 8.10. The molecule has 1 saturated carbocycles. The second-order valence-electron chi connectivity index (χ2n) is 6.47. The summed E-state index contributed by atoms with van der Waals surface area (Å²) in [6, 6.07) is 4.95. The van der Waals surface area contributed by atoms with E-state index in [1.807, 2.05) is 0 Å². The Bertz CT molecular complexity index is 643. The summed E-state index contributed by atoms with van der Waals surface area (Å²) < 4.78 is 4.97. The minimum absolute atomic E-state index is 0.0402. The van der Waals surface area contributed by atoms with E-state index in [1.165, 1.54) is 29.9 Å². The molecular weight excluding hydrogens is 312 g/mol. The van der Waals surface area contributed by atoms with Gasteiger partial charge < -0.3 is 15.0 Å². The van der Waals surface area contributed by atoms with Crippen molar-refractivity contribution in [2.75, 3.05) is 44.0 Å². The quantitative estimate of drug-likeness (QED) is 0.608. The van der Waals surface area contributed by atoms with Crippen LogP contribution in [0.2, 0.25) is 0 Å². The molecule has 1 aliphatic carbocycles. The highest BCUT2D eigenvalue weighted by molar-refractivity contribution is 5.94. The third-order valence-electron chi connectivity index (χ3n) is 4.57. The number of nitrogens with one attached hydrogen (secondary N) is 1. The minimum atomic E-state index is -0.468. The summed E-state index contributed by atoms with van der Waals surface area (Å²) >= 11 is 0. The van der Waals surface area contributed by atoms with Gasteiger partial charge in [0.25, 0.3) is 5.69 Å². The van der Waals surface area contributed by atoms with E-state index in [1.54, 1.807) is 6.07 Å². The van der Waals surface area contributed by atoms with Crippen LogP contribution in [-0.4, -0.2) is 55.8 Å². The number of carbonyl (C=O) groups is 1. The molecule has 130 valence electrons. The smallest absolute Gasteiger partial charge is 0.414 e. The number of cyclic esters (lactones) is 1. The van der Waals surface area contributed by atoms with Gasteiger partial charge in [0, 0.05) is 24.7 Å². The van der Waals surface area contributed by atoms with E-state index < -0.39 is 11.0 Å². The number of anilines is 2. The molecule has 0 aromatic heterocycles. The molecule has 1 amide bonds. The molecule has 8 nitrogen and oxygen atoms in total. The number of hydrogen-bond donors (Lipinski definition) is 1. The fourth-order valence-corrected chi connectivity index (χ4v) is 3.09. The Balaban J connectivity index is 1.83. The maximum Gasteiger partial charge on any atom is 0.414 e. The SMILES string of the molecule is CN(C)C(CNc1ccc([N+](=O)[O-])cc1N1CCOC1=O)C1CC1. The topological polar surface area (TPSA) is 87.9 Å². The first-order valence-corrected chi connectivity index (χ1v) is 8.10. The van der Waals surface area contributed by atoms with E-state index in [0.717, 1.165) is 6.54 Å². The van der Waals surface area contributed by atoms with E-state index in [9.17, 15) is 14.9 Å². The number of likely N-dealkylation sites (N-methyl/N-ethyl adjacent to an activating group) is 1. The van der Waals surface area contributed by atoms with E-state index in [0.29, 0.717) is 36.5 Å². The number of nitro benzene ring substituents is 1. The largest absolute Gasteiger partial charge is 0.447 e. The molecule has 1 saturated heterocycles. The number of hydrogen-bond acceptors (Lipinski definition) is 6. The number of benzene rings is 1. The summed E-state index contributed by atoms with van der Waals surface area (Å²) in [6.07, 6.45) is 2.00. The zero-order chi connectivity index (χ0) is 17.3. The van der Waals surface area contributed by atoms with Gasteiger partial charge in [0.2, 0.25) is 0 Å². The van der Waals surface area contributed by atoms with E-state index in [-0.39, 0.29) is 5.69 Å². The molecule has 1 unspecified atom stereocenters.